The molecule has 0 aliphatic heterocycles. The van der Waals surface area contributed by atoms with Crippen molar-refractivity contribution in [2.45, 2.75) is 0 Å². The van der Waals surface area contributed by atoms with Crippen molar-refractivity contribution in [1.29, 1.82) is 0 Å². The third-order valence-corrected chi connectivity index (χ3v) is 4.12. The molecule has 0 fully saturated rings. The highest BCUT2D eigenvalue weighted by Crippen LogP contribution is 2.33. The molecule has 3 aromatic rings. The molecule has 0 aliphatic carbocycles. The molecule has 0 radical (unpaired) electrons. The average molecular weight is 323 g/mol. The smallest absolute Gasteiger partial charge is 0.133 e. The minimum atomic E-state index is -0.273. The van der Waals surface area contributed by atoms with Crippen LogP contribution in [0.3, 0.4) is 0 Å². The number of nitrogen functional groups attached to an aromatic ring is 1. The van der Waals surface area contributed by atoms with Gasteiger partial charge in [-0.2, -0.15) is 0 Å². The van der Waals surface area contributed by atoms with Crippen molar-refractivity contribution in [1.82, 2.24) is 4.98 Å². The van der Waals surface area contributed by atoms with Gasteiger partial charge in [0.05, 0.1) is 10.2 Å². The normalized spacial score (nSPS) is 11.0. The summed E-state index contributed by atoms with van der Waals surface area (Å²) in [5.74, 6) is -0.273. The standard InChI is InChI=1S/C13H8BrFN2S/c14-7-1-3-10(15)9(5-7)13-17-11-4-2-8(16)6-12(11)18-13/h1-6H,16H2. The van der Waals surface area contributed by atoms with Crippen molar-refractivity contribution < 1.29 is 4.39 Å². The molecule has 1 aromatic heterocycles. The number of benzene rings is 2. The number of halogens is 2. The van der Waals surface area contributed by atoms with Crippen molar-refractivity contribution in [3.63, 3.8) is 0 Å². The molecule has 0 saturated heterocycles. The van der Waals surface area contributed by atoms with Crippen LogP contribution in [0.15, 0.2) is 40.9 Å². The molecule has 0 atom stereocenters. The second-order valence-corrected chi connectivity index (χ2v) is 5.82. The van der Waals surface area contributed by atoms with Crippen LogP contribution in [-0.2, 0) is 0 Å². The van der Waals surface area contributed by atoms with E-state index in [4.69, 9.17) is 5.73 Å². The maximum atomic E-state index is 13.8. The van der Waals surface area contributed by atoms with E-state index in [1.807, 2.05) is 12.1 Å². The van der Waals surface area contributed by atoms with E-state index in [0.717, 1.165) is 14.7 Å². The highest BCUT2D eigenvalue weighted by molar-refractivity contribution is 9.10. The van der Waals surface area contributed by atoms with Gasteiger partial charge < -0.3 is 5.73 Å². The van der Waals surface area contributed by atoms with Gasteiger partial charge in [0.1, 0.15) is 10.8 Å². The average Bonchev–Trinajstić information content (AvgIpc) is 2.74. The Morgan fingerprint density at radius 2 is 2.00 bits per heavy atom. The lowest BCUT2D eigenvalue weighted by Gasteiger charge is -1.98. The number of nitrogens with two attached hydrogens (primary N) is 1. The van der Waals surface area contributed by atoms with Crippen LogP contribution in [0.1, 0.15) is 0 Å². The van der Waals surface area contributed by atoms with Crippen LogP contribution in [0.5, 0.6) is 0 Å². The zero-order valence-corrected chi connectivity index (χ0v) is 11.6. The molecule has 2 aromatic carbocycles. The fourth-order valence-electron chi connectivity index (χ4n) is 1.72. The van der Waals surface area contributed by atoms with Crippen molar-refractivity contribution >= 4 is 43.2 Å². The molecule has 0 amide bonds. The molecular weight excluding hydrogens is 315 g/mol. The van der Waals surface area contributed by atoms with E-state index in [0.29, 0.717) is 16.3 Å². The van der Waals surface area contributed by atoms with Gasteiger partial charge in [0.25, 0.3) is 0 Å². The van der Waals surface area contributed by atoms with Gasteiger partial charge in [-0.3, -0.25) is 0 Å². The van der Waals surface area contributed by atoms with Gasteiger partial charge >= 0.3 is 0 Å². The number of rotatable bonds is 1. The van der Waals surface area contributed by atoms with E-state index in [9.17, 15) is 4.39 Å². The summed E-state index contributed by atoms with van der Waals surface area (Å²) in [6.07, 6.45) is 0. The van der Waals surface area contributed by atoms with Crippen LogP contribution in [0.2, 0.25) is 0 Å². The highest BCUT2D eigenvalue weighted by atomic mass is 79.9. The van der Waals surface area contributed by atoms with Crippen LogP contribution >= 0.6 is 27.3 Å². The van der Waals surface area contributed by atoms with Crippen LogP contribution < -0.4 is 5.73 Å². The Hall–Kier alpha value is -1.46. The largest absolute Gasteiger partial charge is 0.399 e. The van der Waals surface area contributed by atoms with Gasteiger partial charge in [-0.05, 0) is 36.4 Å². The predicted octanol–water partition coefficient (Wildman–Crippen LogP) is 4.45. The summed E-state index contributed by atoms with van der Waals surface area (Å²) in [4.78, 5) is 4.43. The third kappa shape index (κ3) is 2.00. The Bertz CT molecular complexity index is 739. The third-order valence-electron chi connectivity index (χ3n) is 2.57. The van der Waals surface area contributed by atoms with E-state index < -0.39 is 0 Å². The number of thiazole rings is 1. The second-order valence-electron chi connectivity index (χ2n) is 3.87. The first-order chi connectivity index (χ1) is 8.63. The van der Waals surface area contributed by atoms with Gasteiger partial charge in [-0.1, -0.05) is 15.9 Å². The van der Waals surface area contributed by atoms with Crippen LogP contribution in [0.25, 0.3) is 20.8 Å². The highest BCUT2D eigenvalue weighted by Gasteiger charge is 2.11. The molecule has 0 aliphatic rings. The predicted molar refractivity (Wildman–Crippen MR) is 77.1 cm³/mol. The first-order valence-corrected chi connectivity index (χ1v) is 6.86. The molecule has 0 unspecified atom stereocenters. The summed E-state index contributed by atoms with van der Waals surface area (Å²) in [5.41, 5.74) is 7.75. The lowest BCUT2D eigenvalue weighted by atomic mass is 10.2. The van der Waals surface area contributed by atoms with Crippen LogP contribution in [-0.4, -0.2) is 4.98 Å². The summed E-state index contributed by atoms with van der Waals surface area (Å²) in [6.45, 7) is 0. The lowest BCUT2D eigenvalue weighted by molar-refractivity contribution is 0.631. The molecule has 3 rings (SSSR count). The number of fused-ring (bicyclic) bond motifs is 1. The van der Waals surface area contributed by atoms with Gasteiger partial charge in [0.15, 0.2) is 0 Å². The summed E-state index contributed by atoms with van der Waals surface area (Å²) in [7, 11) is 0. The number of hydrogen-bond donors (Lipinski definition) is 1. The van der Waals surface area contributed by atoms with E-state index in [-0.39, 0.29) is 5.82 Å². The molecule has 0 bridgehead atoms. The molecule has 1 heterocycles. The number of hydrogen-bond acceptors (Lipinski definition) is 3. The number of anilines is 1. The van der Waals surface area contributed by atoms with Gasteiger partial charge in [-0.15, -0.1) is 11.3 Å². The van der Waals surface area contributed by atoms with E-state index >= 15 is 0 Å². The molecular formula is C13H8BrFN2S. The van der Waals surface area contributed by atoms with Crippen molar-refractivity contribution in [3.05, 3.63) is 46.7 Å². The SMILES string of the molecule is Nc1ccc2nc(-c3cc(Br)ccc3F)sc2c1. The summed E-state index contributed by atoms with van der Waals surface area (Å²) in [6, 6.07) is 10.3. The minimum Gasteiger partial charge on any atom is -0.399 e. The zero-order chi connectivity index (χ0) is 12.7. The molecule has 90 valence electrons. The van der Waals surface area contributed by atoms with Gasteiger partial charge in [0.2, 0.25) is 0 Å². The molecule has 5 heteroatoms. The number of aromatic nitrogens is 1. The molecule has 2 N–H and O–H groups in total. The lowest BCUT2D eigenvalue weighted by Crippen LogP contribution is -1.83. The summed E-state index contributed by atoms with van der Waals surface area (Å²) >= 11 is 4.77. The monoisotopic (exact) mass is 322 g/mol. The Labute approximate surface area is 115 Å². The van der Waals surface area contributed by atoms with Gasteiger partial charge in [0, 0.05) is 15.7 Å². The molecule has 18 heavy (non-hydrogen) atoms. The Morgan fingerprint density at radius 1 is 1.17 bits per heavy atom. The number of nitrogens with zero attached hydrogens (tertiary/aromatic N) is 1. The Morgan fingerprint density at radius 3 is 2.83 bits per heavy atom. The van der Waals surface area contributed by atoms with Gasteiger partial charge in [-0.25, -0.2) is 9.37 Å². The Balaban J connectivity index is 2.22. The Kier molecular flexibility index (Phi) is 2.80. The van der Waals surface area contributed by atoms with Crippen molar-refractivity contribution in [2.75, 3.05) is 5.73 Å². The first kappa shape index (κ1) is 11.6. The van der Waals surface area contributed by atoms with Crippen LogP contribution in [0, 0.1) is 5.82 Å². The van der Waals surface area contributed by atoms with Crippen molar-refractivity contribution in [2.24, 2.45) is 0 Å². The quantitative estimate of drug-likeness (QED) is 0.672. The van der Waals surface area contributed by atoms with E-state index in [2.05, 4.69) is 20.9 Å². The molecule has 0 saturated carbocycles. The summed E-state index contributed by atoms with van der Waals surface area (Å²) in [5, 5.41) is 0.661. The zero-order valence-electron chi connectivity index (χ0n) is 9.15. The molecule has 0 spiro atoms. The maximum Gasteiger partial charge on any atom is 0.133 e. The first-order valence-electron chi connectivity index (χ1n) is 5.25. The van der Waals surface area contributed by atoms with E-state index in [1.165, 1.54) is 17.4 Å². The topological polar surface area (TPSA) is 38.9 Å². The summed E-state index contributed by atoms with van der Waals surface area (Å²) < 4.78 is 15.6. The fourth-order valence-corrected chi connectivity index (χ4v) is 3.11. The second kappa shape index (κ2) is 4.33. The minimum absolute atomic E-state index is 0.273. The fraction of sp³-hybridized carbons (Fsp3) is 0. The van der Waals surface area contributed by atoms with E-state index in [1.54, 1.807) is 18.2 Å². The maximum absolute atomic E-state index is 13.8. The van der Waals surface area contributed by atoms with Crippen LogP contribution in [0.4, 0.5) is 10.1 Å². The van der Waals surface area contributed by atoms with Crippen molar-refractivity contribution in [3.8, 4) is 10.6 Å². The molecule has 2 nitrogen and oxygen atoms in total.